The quantitative estimate of drug-likeness (QED) is 0.695. The van der Waals surface area contributed by atoms with Crippen molar-refractivity contribution in [3.63, 3.8) is 0 Å². The van der Waals surface area contributed by atoms with E-state index in [0.29, 0.717) is 27.7 Å². The van der Waals surface area contributed by atoms with E-state index in [0.717, 1.165) is 24.2 Å². The molecule has 1 heterocycles. The normalized spacial score (nSPS) is 11.8. The molecule has 8 heteroatoms. The zero-order valence-electron chi connectivity index (χ0n) is 14.6. The van der Waals surface area contributed by atoms with Gasteiger partial charge in [0.25, 0.3) is 5.91 Å². The van der Waals surface area contributed by atoms with Crippen LogP contribution < -0.4 is 10.1 Å². The van der Waals surface area contributed by atoms with Gasteiger partial charge in [0.05, 0.1) is 5.69 Å². The molecule has 1 aromatic heterocycles. The number of amides is 1. The van der Waals surface area contributed by atoms with E-state index < -0.39 is 17.9 Å². The van der Waals surface area contributed by atoms with Crippen LogP contribution in [0.3, 0.4) is 0 Å². The fraction of sp³-hybridized carbons (Fsp3) is 0.389. The molecule has 2 rings (SSSR count). The minimum Gasteiger partial charge on any atom is -0.486 e. The minimum atomic E-state index is -1.05. The highest BCUT2D eigenvalue weighted by atomic mass is 32.1. The number of carboxylic acid groups (broad SMARTS) is 1. The van der Waals surface area contributed by atoms with E-state index in [4.69, 9.17) is 4.74 Å². The topological polar surface area (TPSA) is 88.5 Å². The molecule has 0 unspecified atom stereocenters. The Kier molecular flexibility index (Phi) is 7.08. The lowest BCUT2D eigenvalue weighted by molar-refractivity contribution is -0.139. The van der Waals surface area contributed by atoms with E-state index in [1.165, 1.54) is 24.3 Å². The summed E-state index contributed by atoms with van der Waals surface area (Å²) in [7, 11) is 0. The number of nitrogens with one attached hydrogen (secondary N) is 1. The van der Waals surface area contributed by atoms with E-state index in [9.17, 15) is 19.1 Å². The Balaban J connectivity index is 2.00. The summed E-state index contributed by atoms with van der Waals surface area (Å²) in [6.07, 6.45) is 1.95. The highest BCUT2D eigenvalue weighted by Gasteiger charge is 2.23. The summed E-state index contributed by atoms with van der Waals surface area (Å²) >= 11 is 1.15. The molecule has 0 fully saturated rings. The van der Waals surface area contributed by atoms with Gasteiger partial charge in [-0.2, -0.15) is 0 Å². The largest absolute Gasteiger partial charge is 0.486 e. The Morgan fingerprint density at radius 1 is 1.35 bits per heavy atom. The lowest BCUT2D eigenvalue weighted by atomic mass is 10.1. The third-order valence-corrected chi connectivity index (χ3v) is 4.80. The fourth-order valence-electron chi connectivity index (χ4n) is 2.29. The van der Waals surface area contributed by atoms with Gasteiger partial charge >= 0.3 is 5.97 Å². The monoisotopic (exact) mass is 380 g/mol. The van der Waals surface area contributed by atoms with Crippen molar-refractivity contribution in [3.8, 4) is 5.75 Å². The van der Waals surface area contributed by atoms with Gasteiger partial charge in [-0.15, -0.1) is 11.3 Å². The number of benzene rings is 1. The van der Waals surface area contributed by atoms with Gasteiger partial charge in [-0.05, 0) is 37.6 Å². The van der Waals surface area contributed by atoms with Crippen LogP contribution in [0.2, 0.25) is 0 Å². The van der Waals surface area contributed by atoms with Gasteiger partial charge in [0.15, 0.2) is 0 Å². The van der Waals surface area contributed by atoms with Gasteiger partial charge in [-0.3, -0.25) is 4.79 Å². The number of halogens is 1. The molecular weight excluding hydrogens is 359 g/mol. The van der Waals surface area contributed by atoms with Crippen LogP contribution in [0, 0.1) is 12.7 Å². The number of rotatable bonds is 9. The average Bonchev–Trinajstić information content (AvgIpc) is 2.98. The van der Waals surface area contributed by atoms with Crippen molar-refractivity contribution in [2.45, 2.75) is 45.8 Å². The molecule has 26 heavy (non-hydrogen) atoms. The molecule has 0 aliphatic rings. The second-order valence-corrected chi connectivity index (χ2v) is 6.85. The van der Waals surface area contributed by atoms with Crippen LogP contribution in [0.5, 0.6) is 5.75 Å². The number of carboxylic acids is 1. The van der Waals surface area contributed by atoms with Gasteiger partial charge in [-0.1, -0.05) is 19.8 Å². The number of unbranched alkanes of at least 4 members (excludes halogenated alkanes) is 1. The number of aromatic nitrogens is 1. The molecule has 0 bridgehead atoms. The summed E-state index contributed by atoms with van der Waals surface area (Å²) in [5, 5.41) is 12.4. The number of aliphatic carboxylic acids is 1. The number of carbonyl (C=O) groups excluding carboxylic acids is 1. The summed E-state index contributed by atoms with van der Waals surface area (Å²) in [5.41, 5.74) is 0.518. The average molecular weight is 380 g/mol. The molecule has 0 saturated carbocycles. The van der Waals surface area contributed by atoms with Crippen molar-refractivity contribution < 1.29 is 23.8 Å². The van der Waals surface area contributed by atoms with E-state index in [1.807, 2.05) is 6.92 Å². The van der Waals surface area contributed by atoms with Crippen molar-refractivity contribution >= 4 is 23.2 Å². The molecule has 0 aliphatic carbocycles. The van der Waals surface area contributed by atoms with E-state index >= 15 is 0 Å². The predicted octanol–water partition coefficient (Wildman–Crippen LogP) is 3.54. The van der Waals surface area contributed by atoms with Gasteiger partial charge < -0.3 is 15.2 Å². The van der Waals surface area contributed by atoms with E-state index in [-0.39, 0.29) is 12.4 Å². The number of nitrogens with zero attached hydrogens (tertiary/aromatic N) is 1. The maximum absolute atomic E-state index is 12.9. The predicted molar refractivity (Wildman–Crippen MR) is 96.0 cm³/mol. The van der Waals surface area contributed by atoms with Gasteiger partial charge in [0.1, 0.15) is 34.1 Å². The third-order valence-electron chi connectivity index (χ3n) is 3.67. The molecule has 1 amide bonds. The summed E-state index contributed by atoms with van der Waals surface area (Å²) in [4.78, 5) is 28.3. The number of carbonyl (C=O) groups is 2. The SMILES string of the molecule is CCCC[C@H](NC(=O)c1sc(COc2ccc(F)cc2)nc1C)C(=O)O. The summed E-state index contributed by atoms with van der Waals surface area (Å²) in [6, 6.07) is 4.69. The minimum absolute atomic E-state index is 0.141. The molecule has 1 atom stereocenters. The Labute approximate surface area is 155 Å². The zero-order chi connectivity index (χ0) is 19.1. The van der Waals surface area contributed by atoms with Crippen LogP contribution in [0.25, 0.3) is 0 Å². The van der Waals surface area contributed by atoms with Crippen molar-refractivity contribution in [2.75, 3.05) is 0 Å². The Bertz CT molecular complexity index is 761. The molecular formula is C18H21FN2O4S. The van der Waals surface area contributed by atoms with Crippen molar-refractivity contribution in [1.82, 2.24) is 10.3 Å². The molecule has 2 N–H and O–H groups in total. The van der Waals surface area contributed by atoms with Crippen LogP contribution in [0.4, 0.5) is 4.39 Å². The summed E-state index contributed by atoms with van der Waals surface area (Å²) in [6.45, 7) is 3.79. The number of ether oxygens (including phenoxy) is 1. The van der Waals surface area contributed by atoms with Crippen LogP contribution >= 0.6 is 11.3 Å². The standard InChI is InChI=1S/C18H21FN2O4S/c1-3-4-5-14(18(23)24)21-17(22)16-11(2)20-15(26-16)10-25-13-8-6-12(19)7-9-13/h6-9,14H,3-5,10H2,1-2H3,(H,21,22)(H,23,24)/t14-/m0/s1. The van der Waals surface area contributed by atoms with E-state index in [2.05, 4.69) is 10.3 Å². The molecule has 0 radical (unpaired) electrons. The van der Waals surface area contributed by atoms with Crippen molar-refractivity contribution in [3.05, 3.63) is 45.7 Å². The van der Waals surface area contributed by atoms with Crippen LogP contribution in [0.1, 0.15) is 46.6 Å². The smallest absolute Gasteiger partial charge is 0.326 e. The van der Waals surface area contributed by atoms with Crippen molar-refractivity contribution in [2.24, 2.45) is 0 Å². The first-order valence-corrected chi connectivity index (χ1v) is 9.10. The van der Waals surface area contributed by atoms with Crippen molar-refractivity contribution in [1.29, 1.82) is 0 Å². The highest BCUT2D eigenvalue weighted by molar-refractivity contribution is 7.13. The van der Waals surface area contributed by atoms with Gasteiger partial charge in [0.2, 0.25) is 0 Å². The number of hydrogen-bond donors (Lipinski definition) is 2. The van der Waals surface area contributed by atoms with Crippen LogP contribution in [-0.4, -0.2) is 28.0 Å². The lowest BCUT2D eigenvalue weighted by Crippen LogP contribution is -2.40. The molecule has 6 nitrogen and oxygen atoms in total. The summed E-state index contributed by atoms with van der Waals surface area (Å²) in [5.74, 6) is -1.35. The maximum atomic E-state index is 12.9. The molecule has 1 aromatic carbocycles. The highest BCUT2D eigenvalue weighted by Crippen LogP contribution is 2.21. The Morgan fingerprint density at radius 2 is 2.04 bits per heavy atom. The first kappa shape index (κ1) is 19.8. The maximum Gasteiger partial charge on any atom is 0.326 e. The Hall–Kier alpha value is -2.48. The molecule has 0 spiro atoms. The van der Waals surface area contributed by atoms with Gasteiger partial charge in [-0.25, -0.2) is 14.2 Å². The molecule has 0 saturated heterocycles. The number of hydrogen-bond acceptors (Lipinski definition) is 5. The first-order chi connectivity index (χ1) is 12.4. The van der Waals surface area contributed by atoms with E-state index in [1.54, 1.807) is 6.92 Å². The number of aryl methyl sites for hydroxylation is 1. The van der Waals surface area contributed by atoms with Crippen LogP contribution in [0.15, 0.2) is 24.3 Å². The Morgan fingerprint density at radius 3 is 2.65 bits per heavy atom. The first-order valence-electron chi connectivity index (χ1n) is 8.29. The molecule has 140 valence electrons. The fourth-order valence-corrected chi connectivity index (χ4v) is 3.17. The molecule has 2 aromatic rings. The molecule has 0 aliphatic heterocycles. The number of thiazole rings is 1. The lowest BCUT2D eigenvalue weighted by Gasteiger charge is -2.13. The van der Waals surface area contributed by atoms with Crippen LogP contribution in [-0.2, 0) is 11.4 Å². The third kappa shape index (κ3) is 5.52. The second kappa shape index (κ2) is 9.28. The second-order valence-electron chi connectivity index (χ2n) is 5.77. The zero-order valence-corrected chi connectivity index (χ0v) is 15.4. The summed E-state index contributed by atoms with van der Waals surface area (Å²) < 4.78 is 18.4. The van der Waals surface area contributed by atoms with Gasteiger partial charge in [0, 0.05) is 0 Å².